The van der Waals surface area contributed by atoms with E-state index in [2.05, 4.69) is 33.7 Å². The molecule has 12 heavy (non-hydrogen) atoms. The number of carbonyl (C=O) groups excluding carboxylic acids is 1. The van der Waals surface area contributed by atoms with E-state index >= 15 is 0 Å². The number of oxime groups is 1. The summed E-state index contributed by atoms with van der Waals surface area (Å²) in [4.78, 5) is 15.4. The summed E-state index contributed by atoms with van der Waals surface area (Å²) in [5, 5.41) is 5.79. The number of nitrogens with one attached hydrogen (secondary N) is 1. The molecule has 70 valence electrons. The largest absolute Gasteiger partial charge is 0.386 e. The molecular formula is C6H12N2O2S2. The zero-order valence-electron chi connectivity index (χ0n) is 6.82. The van der Waals surface area contributed by atoms with Gasteiger partial charge in [0.2, 0.25) is 0 Å². The summed E-state index contributed by atoms with van der Waals surface area (Å²) in [5.74, 6) is 0.563. The van der Waals surface area contributed by atoms with Gasteiger partial charge in [-0.25, -0.2) is 0 Å². The molecular weight excluding hydrogens is 196 g/mol. The van der Waals surface area contributed by atoms with E-state index in [0.29, 0.717) is 0 Å². The Morgan fingerprint density at radius 2 is 2.58 bits per heavy atom. The molecule has 0 spiro atoms. The van der Waals surface area contributed by atoms with Gasteiger partial charge in [0.05, 0.1) is 0 Å². The molecule has 1 amide bonds. The van der Waals surface area contributed by atoms with E-state index in [1.807, 2.05) is 6.92 Å². The highest BCUT2D eigenvalue weighted by atomic mass is 33.1. The van der Waals surface area contributed by atoms with Crippen LogP contribution in [0.2, 0.25) is 0 Å². The Kier molecular flexibility index (Phi) is 7.08. The molecule has 1 unspecified atom stereocenters. The Morgan fingerprint density at radius 1 is 1.92 bits per heavy atom. The van der Waals surface area contributed by atoms with Crippen LogP contribution in [0, 0.1) is 0 Å². The third kappa shape index (κ3) is 6.36. The van der Waals surface area contributed by atoms with Crippen molar-refractivity contribution in [2.45, 2.75) is 13.0 Å². The fourth-order valence-corrected chi connectivity index (χ4v) is 1.55. The van der Waals surface area contributed by atoms with E-state index in [1.165, 1.54) is 10.8 Å². The smallest absolute Gasteiger partial charge is 0.261 e. The number of hydrogen-bond acceptors (Lipinski definition) is 5. The van der Waals surface area contributed by atoms with E-state index in [0.717, 1.165) is 5.75 Å². The maximum absolute atomic E-state index is 10.9. The van der Waals surface area contributed by atoms with Crippen LogP contribution < -0.4 is 5.32 Å². The first-order valence-electron chi connectivity index (χ1n) is 3.34. The van der Waals surface area contributed by atoms with Gasteiger partial charge in [0.15, 0.2) is 6.61 Å². The Balaban J connectivity index is 3.46. The van der Waals surface area contributed by atoms with Crippen LogP contribution in [0.1, 0.15) is 6.92 Å². The number of rotatable bonds is 6. The highest BCUT2D eigenvalue weighted by molar-refractivity contribution is 8.68. The van der Waals surface area contributed by atoms with Crippen molar-refractivity contribution in [1.82, 2.24) is 5.32 Å². The predicted octanol–water partition coefficient (Wildman–Crippen LogP) is 0.701. The standard InChI is InChI=1S/C6H12N2O2S2/c1-5(4-12-11)8-6(9)3-10-7-2/h5,11H,2-4H2,1H3,(H,8,9). The summed E-state index contributed by atoms with van der Waals surface area (Å²) in [7, 11) is 1.38. The summed E-state index contributed by atoms with van der Waals surface area (Å²) >= 11 is 3.96. The van der Waals surface area contributed by atoms with E-state index in [4.69, 9.17) is 0 Å². The average Bonchev–Trinajstić information content (AvgIpc) is 2.01. The van der Waals surface area contributed by atoms with Crippen LogP contribution in [0.3, 0.4) is 0 Å². The van der Waals surface area contributed by atoms with Gasteiger partial charge in [-0.2, -0.15) is 0 Å². The van der Waals surface area contributed by atoms with E-state index in [1.54, 1.807) is 0 Å². The maximum Gasteiger partial charge on any atom is 0.261 e. The maximum atomic E-state index is 10.9. The molecule has 6 heteroatoms. The number of carbonyl (C=O) groups is 1. The fraction of sp³-hybridized carbons (Fsp3) is 0.667. The molecule has 0 aromatic carbocycles. The SMILES string of the molecule is C=NOCC(=O)NC(C)CSS. The highest BCUT2D eigenvalue weighted by Crippen LogP contribution is 2.05. The normalized spacial score (nSPS) is 11.8. The summed E-state index contributed by atoms with van der Waals surface area (Å²) in [6.45, 7) is 4.89. The minimum atomic E-state index is -0.197. The van der Waals surface area contributed by atoms with Crippen molar-refractivity contribution in [1.29, 1.82) is 0 Å². The van der Waals surface area contributed by atoms with E-state index < -0.39 is 0 Å². The lowest BCUT2D eigenvalue weighted by atomic mass is 10.4. The minimum absolute atomic E-state index is 0.0783. The molecule has 0 bridgehead atoms. The molecule has 0 saturated heterocycles. The number of nitrogens with zero attached hydrogens (tertiary/aromatic N) is 1. The lowest BCUT2D eigenvalue weighted by Gasteiger charge is -2.10. The molecule has 0 aromatic rings. The Bertz CT molecular complexity index is 154. The minimum Gasteiger partial charge on any atom is -0.386 e. The monoisotopic (exact) mass is 208 g/mol. The van der Waals surface area contributed by atoms with Crippen molar-refractivity contribution in [3.05, 3.63) is 0 Å². The molecule has 0 aromatic heterocycles. The van der Waals surface area contributed by atoms with Crippen molar-refractivity contribution in [2.75, 3.05) is 12.4 Å². The third-order valence-electron chi connectivity index (χ3n) is 1.02. The second-order valence-corrected chi connectivity index (χ2v) is 3.53. The van der Waals surface area contributed by atoms with Crippen LogP contribution >= 0.6 is 22.5 Å². The van der Waals surface area contributed by atoms with Crippen molar-refractivity contribution < 1.29 is 9.63 Å². The van der Waals surface area contributed by atoms with Crippen LogP contribution in [-0.2, 0) is 9.63 Å². The molecule has 0 aliphatic heterocycles. The topological polar surface area (TPSA) is 50.7 Å². The number of amides is 1. The van der Waals surface area contributed by atoms with Gasteiger partial charge in [-0.15, -0.1) is 16.8 Å². The molecule has 0 fully saturated rings. The van der Waals surface area contributed by atoms with Gasteiger partial charge in [-0.1, -0.05) is 10.8 Å². The first-order valence-corrected chi connectivity index (χ1v) is 5.38. The number of hydrogen-bond donors (Lipinski definition) is 2. The Morgan fingerprint density at radius 3 is 3.08 bits per heavy atom. The number of thiol groups is 1. The summed E-state index contributed by atoms with van der Waals surface area (Å²) in [6.07, 6.45) is 0. The zero-order chi connectivity index (χ0) is 9.40. The molecule has 0 radical (unpaired) electrons. The van der Waals surface area contributed by atoms with Gasteiger partial charge < -0.3 is 10.2 Å². The molecule has 0 aliphatic carbocycles. The van der Waals surface area contributed by atoms with Crippen LogP contribution in [0.4, 0.5) is 0 Å². The second-order valence-electron chi connectivity index (χ2n) is 2.17. The van der Waals surface area contributed by atoms with Crippen LogP contribution in [-0.4, -0.2) is 31.0 Å². The predicted molar refractivity (Wildman–Crippen MR) is 54.5 cm³/mol. The van der Waals surface area contributed by atoms with Crippen LogP contribution in [0.25, 0.3) is 0 Å². The lowest BCUT2D eigenvalue weighted by Crippen LogP contribution is -2.36. The van der Waals surface area contributed by atoms with Gasteiger partial charge in [0.25, 0.3) is 5.91 Å². The van der Waals surface area contributed by atoms with E-state index in [-0.39, 0.29) is 18.6 Å². The van der Waals surface area contributed by atoms with Crippen LogP contribution in [0.5, 0.6) is 0 Å². The van der Waals surface area contributed by atoms with Gasteiger partial charge >= 0.3 is 0 Å². The molecule has 0 rings (SSSR count). The Hall–Kier alpha value is -0.360. The molecule has 0 heterocycles. The Labute approximate surface area is 80.9 Å². The zero-order valence-corrected chi connectivity index (χ0v) is 8.53. The first-order chi connectivity index (χ1) is 5.70. The fourth-order valence-electron chi connectivity index (χ4n) is 0.574. The average molecular weight is 208 g/mol. The van der Waals surface area contributed by atoms with Gasteiger partial charge in [0, 0.05) is 18.5 Å². The quantitative estimate of drug-likeness (QED) is 0.292. The summed E-state index contributed by atoms with van der Waals surface area (Å²) < 4.78 is 0. The van der Waals surface area contributed by atoms with Gasteiger partial charge in [0.1, 0.15) is 0 Å². The van der Waals surface area contributed by atoms with Crippen molar-refractivity contribution in [3.8, 4) is 0 Å². The van der Waals surface area contributed by atoms with Gasteiger partial charge in [-0.3, -0.25) is 4.79 Å². The second kappa shape index (κ2) is 7.30. The summed E-state index contributed by atoms with van der Waals surface area (Å²) in [5.41, 5.74) is 0. The van der Waals surface area contributed by atoms with Crippen LogP contribution in [0.15, 0.2) is 5.16 Å². The van der Waals surface area contributed by atoms with Crippen molar-refractivity contribution in [3.63, 3.8) is 0 Å². The molecule has 1 N–H and O–H groups in total. The summed E-state index contributed by atoms with van der Waals surface area (Å²) in [6, 6.07) is 0.0911. The lowest BCUT2D eigenvalue weighted by molar-refractivity contribution is -0.126. The third-order valence-corrected chi connectivity index (χ3v) is 2.12. The highest BCUT2D eigenvalue weighted by Gasteiger charge is 2.06. The first kappa shape index (κ1) is 11.6. The molecule has 4 nitrogen and oxygen atoms in total. The van der Waals surface area contributed by atoms with Crippen molar-refractivity contribution in [2.24, 2.45) is 5.16 Å². The molecule has 0 saturated carbocycles. The van der Waals surface area contributed by atoms with E-state index in [9.17, 15) is 4.79 Å². The molecule has 1 atom stereocenters. The van der Waals surface area contributed by atoms with Crippen molar-refractivity contribution >= 4 is 35.1 Å². The molecule has 0 aliphatic rings. The van der Waals surface area contributed by atoms with Gasteiger partial charge in [-0.05, 0) is 6.92 Å².